The summed E-state index contributed by atoms with van der Waals surface area (Å²) in [5, 5.41) is 13.5. The van der Waals surface area contributed by atoms with Gasteiger partial charge in [0.25, 0.3) is 0 Å². The number of para-hydroxylation sites is 1. The van der Waals surface area contributed by atoms with Crippen LogP contribution in [-0.2, 0) is 6.42 Å². The van der Waals surface area contributed by atoms with Crippen LogP contribution in [0.1, 0.15) is 36.6 Å². The van der Waals surface area contributed by atoms with Crippen LogP contribution in [-0.4, -0.2) is 5.11 Å². The Kier molecular flexibility index (Phi) is 4.10. The summed E-state index contributed by atoms with van der Waals surface area (Å²) >= 11 is 0. The molecule has 2 heteroatoms. The van der Waals surface area contributed by atoms with Crippen LogP contribution in [0.25, 0.3) is 0 Å². The summed E-state index contributed by atoms with van der Waals surface area (Å²) in [4.78, 5) is 0. The van der Waals surface area contributed by atoms with Gasteiger partial charge in [-0.1, -0.05) is 37.3 Å². The van der Waals surface area contributed by atoms with Crippen molar-refractivity contribution in [2.75, 3.05) is 5.32 Å². The summed E-state index contributed by atoms with van der Waals surface area (Å²) in [6, 6.07) is 14.2. The lowest BCUT2D eigenvalue weighted by Crippen LogP contribution is -2.08. The fourth-order valence-electron chi connectivity index (χ4n) is 2.30. The molecule has 1 unspecified atom stereocenters. The number of phenolic OH excluding ortho intramolecular Hbond substituents is 1. The molecule has 100 valence electrons. The normalized spacial score (nSPS) is 12.2. The van der Waals surface area contributed by atoms with Gasteiger partial charge in [-0.3, -0.25) is 0 Å². The first-order valence-corrected chi connectivity index (χ1v) is 6.75. The van der Waals surface area contributed by atoms with Gasteiger partial charge in [-0.25, -0.2) is 0 Å². The number of hydrogen-bond donors (Lipinski definition) is 2. The van der Waals surface area contributed by atoms with E-state index in [9.17, 15) is 5.11 Å². The molecule has 0 fully saturated rings. The van der Waals surface area contributed by atoms with Gasteiger partial charge in [-0.2, -0.15) is 0 Å². The first-order valence-electron chi connectivity index (χ1n) is 6.75. The summed E-state index contributed by atoms with van der Waals surface area (Å²) in [6.45, 7) is 6.19. The van der Waals surface area contributed by atoms with Crippen LogP contribution in [0.5, 0.6) is 5.75 Å². The predicted octanol–water partition coefficient (Wildman–Crippen LogP) is 4.44. The molecule has 0 aliphatic heterocycles. The van der Waals surface area contributed by atoms with Gasteiger partial charge in [0.2, 0.25) is 0 Å². The van der Waals surface area contributed by atoms with E-state index in [0.717, 1.165) is 23.2 Å². The Bertz CT molecular complexity index is 563. The summed E-state index contributed by atoms with van der Waals surface area (Å²) in [5.41, 5.74) is 4.43. The number of anilines is 1. The average Bonchev–Trinajstić information content (AvgIpc) is 2.39. The van der Waals surface area contributed by atoms with Crippen molar-refractivity contribution in [2.45, 2.75) is 33.2 Å². The van der Waals surface area contributed by atoms with E-state index in [1.807, 2.05) is 25.1 Å². The minimum Gasteiger partial charge on any atom is -0.508 e. The van der Waals surface area contributed by atoms with Crippen molar-refractivity contribution in [3.8, 4) is 5.75 Å². The first-order chi connectivity index (χ1) is 9.11. The molecule has 2 N–H and O–H groups in total. The van der Waals surface area contributed by atoms with Gasteiger partial charge in [0, 0.05) is 11.3 Å². The van der Waals surface area contributed by atoms with Crippen LogP contribution in [0, 0.1) is 6.92 Å². The molecule has 0 saturated carbocycles. The summed E-state index contributed by atoms with van der Waals surface area (Å²) in [6.07, 6.45) is 0.996. The zero-order valence-electron chi connectivity index (χ0n) is 11.8. The molecule has 0 heterocycles. The molecule has 0 amide bonds. The highest BCUT2D eigenvalue weighted by Crippen LogP contribution is 2.29. The van der Waals surface area contributed by atoms with Gasteiger partial charge in [-0.15, -0.1) is 0 Å². The van der Waals surface area contributed by atoms with Gasteiger partial charge >= 0.3 is 0 Å². The summed E-state index contributed by atoms with van der Waals surface area (Å²) < 4.78 is 0. The Morgan fingerprint density at radius 3 is 2.58 bits per heavy atom. The largest absolute Gasteiger partial charge is 0.508 e. The molecule has 0 aliphatic rings. The molecule has 0 aliphatic carbocycles. The third-order valence-corrected chi connectivity index (χ3v) is 3.42. The summed E-state index contributed by atoms with van der Waals surface area (Å²) in [7, 11) is 0. The maximum absolute atomic E-state index is 10.0. The average molecular weight is 255 g/mol. The lowest BCUT2D eigenvalue weighted by Gasteiger charge is -2.19. The molecule has 2 aromatic carbocycles. The molecule has 2 rings (SSSR count). The first kappa shape index (κ1) is 13.5. The molecular formula is C17H21NO. The van der Waals surface area contributed by atoms with Crippen molar-refractivity contribution in [3.05, 3.63) is 59.2 Å². The van der Waals surface area contributed by atoms with E-state index in [-0.39, 0.29) is 6.04 Å². The van der Waals surface area contributed by atoms with Gasteiger partial charge < -0.3 is 10.4 Å². The SMILES string of the molecule is CCc1ccccc1NC(C)c1ccc(C)cc1O. The van der Waals surface area contributed by atoms with Gasteiger partial charge in [0.15, 0.2) is 0 Å². The number of rotatable bonds is 4. The van der Waals surface area contributed by atoms with Gasteiger partial charge in [0.05, 0.1) is 6.04 Å². The van der Waals surface area contributed by atoms with Crippen molar-refractivity contribution in [3.63, 3.8) is 0 Å². The lowest BCUT2D eigenvalue weighted by atomic mass is 10.0. The van der Waals surface area contributed by atoms with Crippen LogP contribution < -0.4 is 5.32 Å². The van der Waals surface area contributed by atoms with E-state index in [2.05, 4.69) is 37.4 Å². The van der Waals surface area contributed by atoms with E-state index in [1.165, 1.54) is 5.56 Å². The van der Waals surface area contributed by atoms with Crippen molar-refractivity contribution in [1.29, 1.82) is 0 Å². The number of benzene rings is 2. The smallest absolute Gasteiger partial charge is 0.121 e. The van der Waals surface area contributed by atoms with Crippen molar-refractivity contribution in [1.82, 2.24) is 0 Å². The quantitative estimate of drug-likeness (QED) is 0.846. The highest BCUT2D eigenvalue weighted by Gasteiger charge is 2.11. The van der Waals surface area contributed by atoms with Crippen molar-refractivity contribution < 1.29 is 5.11 Å². The number of hydrogen-bond acceptors (Lipinski definition) is 2. The summed E-state index contributed by atoms with van der Waals surface area (Å²) in [5.74, 6) is 0.356. The van der Waals surface area contributed by atoms with Crippen molar-refractivity contribution in [2.24, 2.45) is 0 Å². The third kappa shape index (κ3) is 3.08. The van der Waals surface area contributed by atoms with Crippen LogP contribution in [0.15, 0.2) is 42.5 Å². The van der Waals surface area contributed by atoms with Crippen LogP contribution in [0.3, 0.4) is 0 Å². The Morgan fingerprint density at radius 2 is 1.89 bits per heavy atom. The number of phenols is 1. The maximum Gasteiger partial charge on any atom is 0.121 e. The molecule has 0 saturated heterocycles. The minimum atomic E-state index is 0.0771. The Hall–Kier alpha value is -1.96. The predicted molar refractivity (Wildman–Crippen MR) is 80.7 cm³/mol. The van der Waals surface area contributed by atoms with E-state index in [0.29, 0.717) is 5.75 Å². The standard InChI is InChI=1S/C17H21NO/c1-4-14-7-5-6-8-16(14)18-13(3)15-10-9-12(2)11-17(15)19/h5-11,13,18-19H,4H2,1-3H3. The maximum atomic E-state index is 10.0. The number of nitrogens with one attached hydrogen (secondary N) is 1. The molecule has 0 spiro atoms. The molecule has 0 bridgehead atoms. The molecule has 2 nitrogen and oxygen atoms in total. The Labute approximate surface area is 115 Å². The van der Waals surface area contributed by atoms with E-state index < -0.39 is 0 Å². The monoisotopic (exact) mass is 255 g/mol. The highest BCUT2D eigenvalue weighted by atomic mass is 16.3. The van der Waals surface area contributed by atoms with Crippen molar-refractivity contribution >= 4 is 5.69 Å². The fourth-order valence-corrected chi connectivity index (χ4v) is 2.30. The van der Waals surface area contributed by atoms with Gasteiger partial charge in [0.1, 0.15) is 5.75 Å². The van der Waals surface area contributed by atoms with Gasteiger partial charge in [-0.05, 0) is 43.5 Å². The zero-order valence-corrected chi connectivity index (χ0v) is 11.8. The Balaban J connectivity index is 2.23. The fraction of sp³-hybridized carbons (Fsp3) is 0.294. The molecule has 2 aromatic rings. The minimum absolute atomic E-state index is 0.0771. The highest BCUT2D eigenvalue weighted by molar-refractivity contribution is 5.53. The number of aryl methyl sites for hydroxylation is 2. The second-order valence-electron chi connectivity index (χ2n) is 4.94. The van der Waals surface area contributed by atoms with Crippen LogP contribution in [0.4, 0.5) is 5.69 Å². The third-order valence-electron chi connectivity index (χ3n) is 3.42. The molecule has 19 heavy (non-hydrogen) atoms. The molecule has 1 atom stereocenters. The second kappa shape index (κ2) is 5.79. The molecule has 0 aromatic heterocycles. The lowest BCUT2D eigenvalue weighted by molar-refractivity contribution is 0.465. The molecule has 0 radical (unpaired) electrons. The topological polar surface area (TPSA) is 32.3 Å². The van der Waals surface area contributed by atoms with Crippen LogP contribution in [0.2, 0.25) is 0 Å². The van der Waals surface area contributed by atoms with E-state index in [4.69, 9.17) is 0 Å². The Morgan fingerprint density at radius 1 is 1.16 bits per heavy atom. The zero-order chi connectivity index (χ0) is 13.8. The van der Waals surface area contributed by atoms with E-state index in [1.54, 1.807) is 6.07 Å². The van der Waals surface area contributed by atoms with E-state index >= 15 is 0 Å². The number of aromatic hydroxyl groups is 1. The second-order valence-corrected chi connectivity index (χ2v) is 4.94. The van der Waals surface area contributed by atoms with Crippen LogP contribution >= 0.6 is 0 Å². The molecular weight excluding hydrogens is 234 g/mol.